The van der Waals surface area contributed by atoms with Crippen LogP contribution in [0, 0.1) is 0 Å². The number of hydrogen-bond donors (Lipinski definition) is 1. The lowest BCUT2D eigenvalue weighted by Gasteiger charge is -2.08. The molecule has 6 nitrogen and oxygen atoms in total. The van der Waals surface area contributed by atoms with Crippen molar-refractivity contribution in [3.63, 3.8) is 0 Å². The van der Waals surface area contributed by atoms with Crippen molar-refractivity contribution in [3.05, 3.63) is 47.1 Å². The zero-order chi connectivity index (χ0) is 14.8. The van der Waals surface area contributed by atoms with E-state index in [0.717, 1.165) is 17.2 Å². The van der Waals surface area contributed by atoms with Crippen LogP contribution in [0.15, 0.2) is 30.5 Å². The van der Waals surface area contributed by atoms with Crippen molar-refractivity contribution >= 4 is 22.9 Å². The van der Waals surface area contributed by atoms with Gasteiger partial charge in [0.15, 0.2) is 11.0 Å². The molecule has 3 aromatic heterocycles. The summed E-state index contributed by atoms with van der Waals surface area (Å²) < 4.78 is 1.69. The van der Waals surface area contributed by atoms with Crippen LogP contribution in [0.4, 0.5) is 5.69 Å². The third kappa shape index (κ3) is 2.80. The van der Waals surface area contributed by atoms with Crippen LogP contribution in [0.1, 0.15) is 31.3 Å². The lowest BCUT2D eigenvalue weighted by Crippen LogP contribution is -2.06. The standard InChI is InChI=1S/C14H15ClN6/c1-9(2)13-18-19-14-11(7-12(15)20-21(13)14)17-8-10-5-3-4-6-16-10/h3-7,9,17H,8H2,1-2H3. The first-order valence-corrected chi connectivity index (χ1v) is 7.08. The van der Waals surface area contributed by atoms with E-state index in [1.807, 2.05) is 32.0 Å². The maximum Gasteiger partial charge on any atom is 0.201 e. The molecule has 1 N–H and O–H groups in total. The van der Waals surface area contributed by atoms with E-state index in [2.05, 4.69) is 25.6 Å². The molecule has 0 aliphatic carbocycles. The van der Waals surface area contributed by atoms with Gasteiger partial charge in [-0.3, -0.25) is 4.98 Å². The van der Waals surface area contributed by atoms with Crippen LogP contribution in [-0.4, -0.2) is 24.8 Å². The largest absolute Gasteiger partial charge is 0.376 e. The van der Waals surface area contributed by atoms with E-state index in [4.69, 9.17) is 11.6 Å². The van der Waals surface area contributed by atoms with Crippen LogP contribution in [0.2, 0.25) is 5.15 Å². The highest BCUT2D eigenvalue weighted by Crippen LogP contribution is 2.22. The molecule has 0 amide bonds. The molecule has 0 saturated heterocycles. The smallest absolute Gasteiger partial charge is 0.201 e. The molecule has 0 aromatic carbocycles. The van der Waals surface area contributed by atoms with Gasteiger partial charge in [-0.05, 0) is 12.1 Å². The molecule has 0 unspecified atom stereocenters. The summed E-state index contributed by atoms with van der Waals surface area (Å²) in [6, 6.07) is 7.54. The Hall–Kier alpha value is -2.21. The number of pyridine rings is 1. The van der Waals surface area contributed by atoms with Crippen molar-refractivity contribution < 1.29 is 0 Å². The normalized spacial score (nSPS) is 11.2. The lowest BCUT2D eigenvalue weighted by atomic mass is 10.2. The minimum absolute atomic E-state index is 0.217. The van der Waals surface area contributed by atoms with Crippen LogP contribution in [0.3, 0.4) is 0 Å². The molecule has 108 valence electrons. The predicted molar refractivity (Wildman–Crippen MR) is 81.4 cm³/mol. The Morgan fingerprint density at radius 1 is 1.29 bits per heavy atom. The summed E-state index contributed by atoms with van der Waals surface area (Å²) in [4.78, 5) is 4.28. The van der Waals surface area contributed by atoms with Crippen LogP contribution in [0.5, 0.6) is 0 Å². The quantitative estimate of drug-likeness (QED) is 0.802. The molecule has 3 rings (SSSR count). The van der Waals surface area contributed by atoms with Gasteiger partial charge in [0.25, 0.3) is 0 Å². The summed E-state index contributed by atoms with van der Waals surface area (Å²) in [6.45, 7) is 4.67. The number of anilines is 1. The highest BCUT2D eigenvalue weighted by molar-refractivity contribution is 6.29. The molecule has 0 fully saturated rings. The molecule has 0 spiro atoms. The Bertz CT molecular complexity index is 753. The summed E-state index contributed by atoms with van der Waals surface area (Å²) in [7, 11) is 0. The second-order valence-corrected chi connectivity index (χ2v) is 5.39. The Morgan fingerprint density at radius 3 is 2.86 bits per heavy atom. The zero-order valence-corrected chi connectivity index (χ0v) is 12.5. The Balaban J connectivity index is 1.95. The molecule has 7 heteroatoms. The zero-order valence-electron chi connectivity index (χ0n) is 11.8. The monoisotopic (exact) mass is 302 g/mol. The molecular formula is C14H15ClN6. The van der Waals surface area contributed by atoms with Crippen molar-refractivity contribution in [2.45, 2.75) is 26.3 Å². The fraction of sp³-hybridized carbons (Fsp3) is 0.286. The summed E-state index contributed by atoms with van der Waals surface area (Å²) in [5.74, 6) is 1.00. The Labute approximate surface area is 127 Å². The first-order chi connectivity index (χ1) is 10.1. The molecule has 0 radical (unpaired) electrons. The van der Waals surface area contributed by atoms with Crippen LogP contribution in [-0.2, 0) is 6.54 Å². The van der Waals surface area contributed by atoms with Gasteiger partial charge in [0, 0.05) is 18.2 Å². The Morgan fingerprint density at radius 2 is 2.14 bits per heavy atom. The second-order valence-electron chi connectivity index (χ2n) is 5.00. The van der Waals surface area contributed by atoms with Gasteiger partial charge in [0.1, 0.15) is 0 Å². The van der Waals surface area contributed by atoms with E-state index < -0.39 is 0 Å². The highest BCUT2D eigenvalue weighted by Gasteiger charge is 2.14. The molecule has 3 aromatic rings. The van der Waals surface area contributed by atoms with E-state index in [1.54, 1.807) is 16.8 Å². The highest BCUT2D eigenvalue weighted by atomic mass is 35.5. The molecule has 0 bridgehead atoms. The number of aromatic nitrogens is 5. The van der Waals surface area contributed by atoms with Gasteiger partial charge in [-0.25, -0.2) is 0 Å². The van der Waals surface area contributed by atoms with Gasteiger partial charge in [0.2, 0.25) is 5.65 Å². The maximum absolute atomic E-state index is 6.10. The van der Waals surface area contributed by atoms with Gasteiger partial charge in [-0.1, -0.05) is 31.5 Å². The van der Waals surface area contributed by atoms with Crippen molar-refractivity contribution in [1.29, 1.82) is 0 Å². The number of halogens is 1. The van der Waals surface area contributed by atoms with Gasteiger partial charge in [0.05, 0.1) is 17.9 Å². The fourth-order valence-electron chi connectivity index (χ4n) is 2.05. The SMILES string of the molecule is CC(C)c1nnc2c(NCc3ccccn3)cc(Cl)nn12. The van der Waals surface area contributed by atoms with Gasteiger partial charge in [-0.15, -0.1) is 10.2 Å². The molecule has 0 aliphatic rings. The van der Waals surface area contributed by atoms with E-state index >= 15 is 0 Å². The maximum atomic E-state index is 6.10. The summed E-state index contributed by atoms with van der Waals surface area (Å²) in [5.41, 5.74) is 2.39. The lowest BCUT2D eigenvalue weighted by molar-refractivity contribution is 0.721. The minimum atomic E-state index is 0.217. The Kier molecular flexibility index (Phi) is 3.70. The van der Waals surface area contributed by atoms with E-state index in [0.29, 0.717) is 17.3 Å². The number of fused-ring (bicyclic) bond motifs is 1. The fourth-order valence-corrected chi connectivity index (χ4v) is 2.23. The van der Waals surface area contributed by atoms with Crippen LogP contribution in [0.25, 0.3) is 5.65 Å². The molecule has 21 heavy (non-hydrogen) atoms. The molecule has 3 heterocycles. The van der Waals surface area contributed by atoms with Crippen molar-refractivity contribution in [1.82, 2.24) is 24.8 Å². The summed E-state index contributed by atoms with van der Waals surface area (Å²) in [6.07, 6.45) is 1.76. The van der Waals surface area contributed by atoms with Crippen LogP contribution >= 0.6 is 11.6 Å². The number of nitrogens with zero attached hydrogens (tertiary/aromatic N) is 5. The van der Waals surface area contributed by atoms with E-state index in [9.17, 15) is 0 Å². The van der Waals surface area contributed by atoms with Crippen molar-refractivity contribution in [2.75, 3.05) is 5.32 Å². The number of rotatable bonds is 4. The third-order valence-corrected chi connectivity index (χ3v) is 3.25. The van der Waals surface area contributed by atoms with Crippen LogP contribution < -0.4 is 5.32 Å². The molecule has 0 aliphatic heterocycles. The summed E-state index contributed by atoms with van der Waals surface area (Å²) >= 11 is 6.10. The van der Waals surface area contributed by atoms with E-state index in [1.165, 1.54) is 0 Å². The van der Waals surface area contributed by atoms with E-state index in [-0.39, 0.29) is 5.92 Å². The molecule has 0 saturated carbocycles. The summed E-state index contributed by atoms with van der Waals surface area (Å²) in [5, 5.41) is 16.3. The number of nitrogens with one attached hydrogen (secondary N) is 1. The molecular weight excluding hydrogens is 288 g/mol. The van der Waals surface area contributed by atoms with Gasteiger partial charge >= 0.3 is 0 Å². The minimum Gasteiger partial charge on any atom is -0.376 e. The van der Waals surface area contributed by atoms with Crippen molar-refractivity contribution in [3.8, 4) is 0 Å². The van der Waals surface area contributed by atoms with Crippen molar-refractivity contribution in [2.24, 2.45) is 0 Å². The van der Waals surface area contributed by atoms with Gasteiger partial charge < -0.3 is 5.32 Å². The van der Waals surface area contributed by atoms with Gasteiger partial charge in [-0.2, -0.15) is 9.61 Å². The molecule has 0 atom stereocenters. The average molecular weight is 303 g/mol. The average Bonchev–Trinajstić information content (AvgIpc) is 2.89. The predicted octanol–water partition coefficient (Wildman–Crippen LogP) is 2.91. The first kappa shape index (κ1) is 13.8. The first-order valence-electron chi connectivity index (χ1n) is 6.71. The second kappa shape index (κ2) is 5.65. The number of hydrogen-bond acceptors (Lipinski definition) is 5. The topological polar surface area (TPSA) is 68.0 Å². The third-order valence-electron chi connectivity index (χ3n) is 3.07.